The van der Waals surface area contributed by atoms with Gasteiger partial charge in [-0.25, -0.2) is 9.69 Å². The lowest BCUT2D eigenvalue weighted by molar-refractivity contribution is 0.0316. The van der Waals surface area contributed by atoms with Gasteiger partial charge in [-0.2, -0.15) is 0 Å². The molecule has 0 radical (unpaired) electrons. The van der Waals surface area contributed by atoms with E-state index in [0.717, 1.165) is 11.2 Å². The normalized spacial score (nSPS) is 13.9. The van der Waals surface area contributed by atoms with Crippen LogP contribution in [0.25, 0.3) is 0 Å². The maximum Gasteiger partial charge on any atom is 0.416 e. The number of rotatable bonds is 3. The molecule has 0 aliphatic carbocycles. The van der Waals surface area contributed by atoms with Crippen LogP contribution in [0.1, 0.15) is 34.1 Å². The van der Waals surface area contributed by atoms with Crippen molar-refractivity contribution in [2.24, 2.45) is 10.9 Å². The molecule has 0 fully saturated rings. The van der Waals surface area contributed by atoms with Crippen LogP contribution < -0.4 is 5.73 Å². The van der Waals surface area contributed by atoms with Gasteiger partial charge < -0.3 is 15.7 Å². The average Bonchev–Trinajstić information content (AvgIpc) is 2.10. The van der Waals surface area contributed by atoms with E-state index < -0.39 is 17.9 Å². The third-order valence-electron chi connectivity index (χ3n) is 1.56. The zero-order chi connectivity index (χ0) is 12.1. The molecule has 0 bridgehead atoms. The number of hydrogen-bond donors (Lipinski definition) is 2. The van der Waals surface area contributed by atoms with Crippen LogP contribution in [0.15, 0.2) is 5.16 Å². The largest absolute Gasteiger partial charge is 0.443 e. The minimum atomic E-state index is -0.630. The van der Waals surface area contributed by atoms with Crippen LogP contribution in [0.2, 0.25) is 0 Å². The summed E-state index contributed by atoms with van der Waals surface area (Å²) in [5.41, 5.74) is 5.04. The van der Waals surface area contributed by atoms with E-state index in [4.69, 9.17) is 15.7 Å². The first-order valence-corrected chi connectivity index (χ1v) is 4.76. The minimum absolute atomic E-state index is 0.533. The molecule has 0 aromatic heterocycles. The quantitative estimate of drug-likeness (QED) is 0.245. The highest BCUT2D eigenvalue weighted by Crippen LogP contribution is 2.10. The molecule has 0 aliphatic heterocycles. The number of carbonyl (C=O) groups excluding carboxylic acids is 1. The fourth-order valence-electron chi connectivity index (χ4n) is 0.835. The van der Waals surface area contributed by atoms with Gasteiger partial charge >= 0.3 is 6.09 Å². The Balaban J connectivity index is 4.57. The molecule has 0 saturated heterocycles. The van der Waals surface area contributed by atoms with E-state index in [9.17, 15) is 4.79 Å². The van der Waals surface area contributed by atoms with Gasteiger partial charge in [-0.3, -0.25) is 0 Å². The van der Waals surface area contributed by atoms with Gasteiger partial charge in [0.1, 0.15) is 11.9 Å². The van der Waals surface area contributed by atoms with Crippen LogP contribution in [0.4, 0.5) is 4.79 Å². The van der Waals surface area contributed by atoms with Crippen molar-refractivity contribution in [3.63, 3.8) is 0 Å². The molecule has 88 valence electrons. The second-order valence-corrected chi connectivity index (χ2v) is 4.09. The minimum Gasteiger partial charge on any atom is -0.443 e. The molecule has 0 aliphatic rings. The van der Waals surface area contributed by atoms with E-state index in [1.807, 2.05) is 6.92 Å². The Kier molecular flexibility index (Phi) is 5.07. The summed E-state index contributed by atoms with van der Waals surface area (Å²) >= 11 is 0. The highest BCUT2D eigenvalue weighted by atomic mass is 16.6. The lowest BCUT2D eigenvalue weighted by atomic mass is 10.2. The van der Waals surface area contributed by atoms with Gasteiger partial charge in [0.15, 0.2) is 0 Å². The van der Waals surface area contributed by atoms with E-state index >= 15 is 0 Å². The molecule has 0 aromatic rings. The van der Waals surface area contributed by atoms with Crippen molar-refractivity contribution in [1.82, 2.24) is 4.90 Å². The second-order valence-electron chi connectivity index (χ2n) is 4.09. The van der Waals surface area contributed by atoms with Gasteiger partial charge in [0.2, 0.25) is 0 Å². The highest BCUT2D eigenvalue weighted by Gasteiger charge is 2.24. The van der Waals surface area contributed by atoms with E-state index in [-0.39, 0.29) is 0 Å². The van der Waals surface area contributed by atoms with Gasteiger partial charge in [-0.15, -0.1) is 0 Å². The summed E-state index contributed by atoms with van der Waals surface area (Å²) in [6, 6.07) is 0. The fourth-order valence-corrected chi connectivity index (χ4v) is 0.835. The van der Waals surface area contributed by atoms with Crippen LogP contribution in [-0.4, -0.2) is 34.3 Å². The molecule has 0 spiro atoms. The number of nitrogens with two attached hydrogens (primary N) is 1. The summed E-state index contributed by atoms with van der Waals surface area (Å²) in [6.07, 6.45) is 0.290. The van der Waals surface area contributed by atoms with Crippen LogP contribution in [0.3, 0.4) is 0 Å². The van der Waals surface area contributed by atoms with Gasteiger partial charge in [0, 0.05) is 0 Å². The van der Waals surface area contributed by atoms with Crippen molar-refractivity contribution in [3.8, 4) is 0 Å². The number of nitrogens with zero attached hydrogens (tertiary/aromatic N) is 2. The number of carbonyl (C=O) groups is 1. The first-order valence-electron chi connectivity index (χ1n) is 4.76. The maximum absolute atomic E-state index is 11.6. The molecule has 0 rings (SSSR count). The molecule has 1 amide bonds. The number of amides is 1. The third-order valence-corrected chi connectivity index (χ3v) is 1.56. The standard InChI is InChI=1S/C9H19N3O3/c1-5-7(10)12(6-11-14)8(13)15-9(2,3)4/h6-7,14H,5,10H2,1-4H3/b11-6-. The Hall–Kier alpha value is -1.30. The Bertz CT molecular complexity index is 235. The Morgan fingerprint density at radius 3 is 2.53 bits per heavy atom. The van der Waals surface area contributed by atoms with E-state index in [1.54, 1.807) is 20.8 Å². The number of ether oxygens (including phenoxy) is 1. The molecule has 6 heteroatoms. The zero-order valence-corrected chi connectivity index (χ0v) is 9.60. The zero-order valence-electron chi connectivity index (χ0n) is 9.60. The van der Waals surface area contributed by atoms with Crippen molar-refractivity contribution >= 4 is 12.4 Å². The molecule has 3 N–H and O–H groups in total. The van der Waals surface area contributed by atoms with Crippen molar-refractivity contribution in [2.75, 3.05) is 0 Å². The summed E-state index contributed by atoms with van der Waals surface area (Å²) in [6.45, 7) is 7.05. The summed E-state index contributed by atoms with van der Waals surface area (Å²) < 4.78 is 5.08. The predicted octanol–water partition coefficient (Wildman–Crippen LogP) is 1.34. The predicted molar refractivity (Wildman–Crippen MR) is 56.6 cm³/mol. The summed E-state index contributed by atoms with van der Waals surface area (Å²) in [5.74, 6) is 0. The molecular formula is C9H19N3O3. The van der Waals surface area contributed by atoms with Crippen LogP contribution in [0.5, 0.6) is 0 Å². The summed E-state index contributed by atoms with van der Waals surface area (Å²) in [7, 11) is 0. The molecule has 0 saturated carbocycles. The smallest absolute Gasteiger partial charge is 0.416 e. The van der Waals surface area contributed by atoms with Crippen LogP contribution in [0, 0.1) is 0 Å². The molecule has 0 heterocycles. The van der Waals surface area contributed by atoms with Crippen LogP contribution >= 0.6 is 0 Å². The summed E-state index contributed by atoms with van der Waals surface area (Å²) in [5, 5.41) is 11.2. The van der Waals surface area contributed by atoms with Gasteiger partial charge in [-0.05, 0) is 27.2 Å². The average molecular weight is 217 g/mol. The molecule has 0 aromatic carbocycles. The fraction of sp³-hybridized carbons (Fsp3) is 0.778. The van der Waals surface area contributed by atoms with Crippen molar-refractivity contribution < 1.29 is 14.7 Å². The van der Waals surface area contributed by atoms with Gasteiger partial charge in [0.05, 0.1) is 6.17 Å². The van der Waals surface area contributed by atoms with E-state index in [2.05, 4.69) is 5.16 Å². The lowest BCUT2D eigenvalue weighted by Gasteiger charge is -2.27. The second kappa shape index (κ2) is 5.55. The van der Waals surface area contributed by atoms with E-state index in [1.165, 1.54) is 0 Å². The monoisotopic (exact) mass is 217 g/mol. The van der Waals surface area contributed by atoms with Crippen molar-refractivity contribution in [1.29, 1.82) is 0 Å². The van der Waals surface area contributed by atoms with Crippen molar-refractivity contribution in [2.45, 2.75) is 45.9 Å². The first kappa shape index (κ1) is 13.7. The number of oxime groups is 1. The first-order chi connectivity index (χ1) is 6.81. The summed E-state index contributed by atoms with van der Waals surface area (Å²) in [4.78, 5) is 12.6. The Labute approximate surface area is 89.7 Å². The van der Waals surface area contributed by atoms with Gasteiger partial charge in [-0.1, -0.05) is 12.1 Å². The molecule has 1 atom stereocenters. The molecule has 15 heavy (non-hydrogen) atoms. The third kappa shape index (κ3) is 5.21. The Morgan fingerprint density at radius 1 is 1.67 bits per heavy atom. The number of hydrogen-bond acceptors (Lipinski definition) is 5. The van der Waals surface area contributed by atoms with Crippen molar-refractivity contribution in [3.05, 3.63) is 0 Å². The highest BCUT2D eigenvalue weighted by molar-refractivity contribution is 5.82. The SMILES string of the molecule is CCC(N)N(/C=N\O)C(=O)OC(C)(C)C. The Morgan fingerprint density at radius 2 is 2.20 bits per heavy atom. The van der Waals surface area contributed by atoms with Gasteiger partial charge in [0.25, 0.3) is 0 Å². The topological polar surface area (TPSA) is 88.1 Å². The van der Waals surface area contributed by atoms with Crippen LogP contribution in [-0.2, 0) is 4.74 Å². The lowest BCUT2D eigenvalue weighted by Crippen LogP contribution is -2.46. The molecule has 6 nitrogen and oxygen atoms in total. The maximum atomic E-state index is 11.6. The van der Waals surface area contributed by atoms with E-state index in [0.29, 0.717) is 6.42 Å². The molecule has 1 unspecified atom stereocenters. The molecular weight excluding hydrogens is 198 g/mol.